The van der Waals surface area contributed by atoms with E-state index in [2.05, 4.69) is 35.9 Å². The molecule has 0 atom stereocenters. The first-order valence-electron chi connectivity index (χ1n) is 5.65. The summed E-state index contributed by atoms with van der Waals surface area (Å²) in [7, 11) is 1.73. The number of H-pyrrole nitrogens is 1. The van der Waals surface area contributed by atoms with Crippen LogP contribution >= 0.6 is 0 Å². The van der Waals surface area contributed by atoms with E-state index in [1.165, 1.54) is 11.1 Å². The molecule has 0 spiro atoms. The molecule has 0 unspecified atom stereocenters. The lowest BCUT2D eigenvalue weighted by Crippen LogP contribution is -1.93. The first-order chi connectivity index (χ1) is 7.70. The molecule has 0 saturated heterocycles. The topological polar surface area (TPSA) is 37.9 Å². The number of ether oxygens (including phenoxy) is 1. The summed E-state index contributed by atoms with van der Waals surface area (Å²) in [4.78, 5) is 7.93. The van der Waals surface area contributed by atoms with Crippen LogP contribution in [0.1, 0.15) is 23.4 Å². The standard InChI is InChI=1S/C13H18N2O/c1-9-7-11-12(8-10(9)2)15-13(14-11)5-4-6-16-3/h7-8H,4-6H2,1-3H3,(H,14,15). The lowest BCUT2D eigenvalue weighted by molar-refractivity contribution is 0.194. The minimum Gasteiger partial charge on any atom is -0.385 e. The van der Waals surface area contributed by atoms with E-state index in [-0.39, 0.29) is 0 Å². The molecule has 86 valence electrons. The zero-order chi connectivity index (χ0) is 11.5. The van der Waals surface area contributed by atoms with Crippen LogP contribution in [0.3, 0.4) is 0 Å². The maximum absolute atomic E-state index is 5.03. The summed E-state index contributed by atoms with van der Waals surface area (Å²) in [5.74, 6) is 1.05. The Morgan fingerprint density at radius 1 is 1.25 bits per heavy atom. The third kappa shape index (κ3) is 2.25. The number of hydrogen-bond acceptors (Lipinski definition) is 2. The molecule has 0 fully saturated rings. The van der Waals surface area contributed by atoms with E-state index in [4.69, 9.17) is 4.74 Å². The zero-order valence-electron chi connectivity index (χ0n) is 10.1. The van der Waals surface area contributed by atoms with Crippen LogP contribution < -0.4 is 0 Å². The fourth-order valence-corrected chi connectivity index (χ4v) is 1.82. The van der Waals surface area contributed by atoms with Gasteiger partial charge in [-0.3, -0.25) is 0 Å². The van der Waals surface area contributed by atoms with Gasteiger partial charge in [0.05, 0.1) is 11.0 Å². The van der Waals surface area contributed by atoms with E-state index < -0.39 is 0 Å². The molecule has 16 heavy (non-hydrogen) atoms. The molecule has 0 saturated carbocycles. The molecule has 1 aromatic carbocycles. The van der Waals surface area contributed by atoms with Crippen molar-refractivity contribution in [2.75, 3.05) is 13.7 Å². The Morgan fingerprint density at radius 3 is 2.75 bits per heavy atom. The van der Waals surface area contributed by atoms with Crippen LogP contribution in [0, 0.1) is 13.8 Å². The van der Waals surface area contributed by atoms with E-state index in [1.807, 2.05) is 0 Å². The lowest BCUT2D eigenvalue weighted by Gasteiger charge is -1.97. The highest BCUT2D eigenvalue weighted by molar-refractivity contribution is 5.77. The van der Waals surface area contributed by atoms with E-state index in [0.717, 1.165) is 36.3 Å². The van der Waals surface area contributed by atoms with Gasteiger partial charge in [0.2, 0.25) is 0 Å². The van der Waals surface area contributed by atoms with E-state index >= 15 is 0 Å². The Kier molecular flexibility index (Phi) is 3.25. The van der Waals surface area contributed by atoms with Crippen molar-refractivity contribution in [2.24, 2.45) is 0 Å². The van der Waals surface area contributed by atoms with Crippen molar-refractivity contribution < 1.29 is 4.74 Å². The molecule has 0 radical (unpaired) electrons. The molecule has 2 aromatic rings. The summed E-state index contributed by atoms with van der Waals surface area (Å²) < 4.78 is 5.03. The van der Waals surface area contributed by atoms with Crippen molar-refractivity contribution in [1.29, 1.82) is 0 Å². The molecular formula is C13H18N2O. The lowest BCUT2D eigenvalue weighted by atomic mass is 10.1. The molecule has 1 N–H and O–H groups in total. The van der Waals surface area contributed by atoms with Gasteiger partial charge in [-0.05, 0) is 43.5 Å². The van der Waals surface area contributed by atoms with Gasteiger partial charge < -0.3 is 9.72 Å². The first-order valence-corrected chi connectivity index (χ1v) is 5.65. The second kappa shape index (κ2) is 4.66. The predicted molar refractivity (Wildman–Crippen MR) is 65.8 cm³/mol. The van der Waals surface area contributed by atoms with Gasteiger partial charge in [0.15, 0.2) is 0 Å². The number of aromatic amines is 1. The number of methoxy groups -OCH3 is 1. The van der Waals surface area contributed by atoms with Crippen LogP contribution in [0.15, 0.2) is 12.1 Å². The first kappa shape index (κ1) is 11.1. The second-order valence-corrected chi connectivity index (χ2v) is 4.23. The third-order valence-corrected chi connectivity index (χ3v) is 2.91. The molecule has 1 heterocycles. The van der Waals surface area contributed by atoms with Gasteiger partial charge in [-0.25, -0.2) is 4.98 Å². The molecule has 0 aliphatic rings. The Labute approximate surface area is 95.8 Å². The van der Waals surface area contributed by atoms with Gasteiger partial charge in [-0.15, -0.1) is 0 Å². The van der Waals surface area contributed by atoms with Crippen molar-refractivity contribution in [1.82, 2.24) is 9.97 Å². The smallest absolute Gasteiger partial charge is 0.107 e. The number of fused-ring (bicyclic) bond motifs is 1. The number of benzene rings is 1. The Hall–Kier alpha value is -1.35. The highest BCUT2D eigenvalue weighted by Crippen LogP contribution is 2.17. The summed E-state index contributed by atoms with van der Waals surface area (Å²) in [5, 5.41) is 0. The Bertz CT molecular complexity index is 449. The molecule has 3 heteroatoms. The fraction of sp³-hybridized carbons (Fsp3) is 0.462. The van der Waals surface area contributed by atoms with Crippen LogP contribution in [-0.4, -0.2) is 23.7 Å². The number of hydrogen-bond donors (Lipinski definition) is 1. The van der Waals surface area contributed by atoms with Gasteiger partial charge in [-0.1, -0.05) is 0 Å². The summed E-state index contributed by atoms with van der Waals surface area (Å²) in [6.07, 6.45) is 1.95. The SMILES string of the molecule is COCCCc1nc2cc(C)c(C)cc2[nH]1. The minimum atomic E-state index is 0.787. The number of imidazole rings is 1. The molecule has 2 rings (SSSR count). The maximum atomic E-state index is 5.03. The van der Waals surface area contributed by atoms with Gasteiger partial charge in [0.1, 0.15) is 5.82 Å². The highest BCUT2D eigenvalue weighted by atomic mass is 16.5. The number of rotatable bonds is 4. The van der Waals surface area contributed by atoms with Gasteiger partial charge >= 0.3 is 0 Å². The van der Waals surface area contributed by atoms with Gasteiger partial charge in [-0.2, -0.15) is 0 Å². The monoisotopic (exact) mass is 218 g/mol. The summed E-state index contributed by atoms with van der Waals surface area (Å²) in [6, 6.07) is 4.30. The van der Waals surface area contributed by atoms with Crippen LogP contribution in [0.25, 0.3) is 11.0 Å². The highest BCUT2D eigenvalue weighted by Gasteiger charge is 2.04. The largest absolute Gasteiger partial charge is 0.385 e. The van der Waals surface area contributed by atoms with Crippen molar-refractivity contribution in [3.8, 4) is 0 Å². The fourth-order valence-electron chi connectivity index (χ4n) is 1.82. The summed E-state index contributed by atoms with van der Waals surface area (Å²) in [5.41, 5.74) is 4.80. The van der Waals surface area contributed by atoms with Crippen LogP contribution in [0.2, 0.25) is 0 Å². The Morgan fingerprint density at radius 2 is 2.00 bits per heavy atom. The molecule has 0 bridgehead atoms. The van der Waals surface area contributed by atoms with E-state index in [0.29, 0.717) is 0 Å². The number of aryl methyl sites for hydroxylation is 3. The second-order valence-electron chi connectivity index (χ2n) is 4.23. The number of nitrogens with one attached hydrogen (secondary N) is 1. The van der Waals surface area contributed by atoms with Crippen molar-refractivity contribution in [3.63, 3.8) is 0 Å². The Balaban J connectivity index is 2.23. The average Bonchev–Trinajstić information content (AvgIpc) is 2.61. The van der Waals surface area contributed by atoms with Gasteiger partial charge in [0.25, 0.3) is 0 Å². The van der Waals surface area contributed by atoms with Gasteiger partial charge in [0, 0.05) is 20.1 Å². The quantitative estimate of drug-likeness (QED) is 0.801. The van der Waals surface area contributed by atoms with Crippen LogP contribution in [-0.2, 0) is 11.2 Å². The molecule has 0 amide bonds. The van der Waals surface area contributed by atoms with E-state index in [1.54, 1.807) is 7.11 Å². The van der Waals surface area contributed by atoms with Crippen molar-refractivity contribution in [2.45, 2.75) is 26.7 Å². The number of nitrogens with zero attached hydrogens (tertiary/aromatic N) is 1. The summed E-state index contributed by atoms with van der Waals surface area (Å²) in [6.45, 7) is 5.03. The van der Waals surface area contributed by atoms with E-state index in [9.17, 15) is 0 Å². The molecule has 1 aromatic heterocycles. The molecule has 3 nitrogen and oxygen atoms in total. The van der Waals surface area contributed by atoms with Crippen molar-refractivity contribution >= 4 is 11.0 Å². The minimum absolute atomic E-state index is 0.787. The molecule has 0 aliphatic heterocycles. The van der Waals surface area contributed by atoms with Crippen LogP contribution in [0.5, 0.6) is 0 Å². The average molecular weight is 218 g/mol. The predicted octanol–water partition coefficient (Wildman–Crippen LogP) is 2.76. The van der Waals surface area contributed by atoms with Crippen molar-refractivity contribution in [3.05, 3.63) is 29.1 Å². The third-order valence-electron chi connectivity index (χ3n) is 2.91. The molecule has 0 aliphatic carbocycles. The molecular weight excluding hydrogens is 200 g/mol. The number of aromatic nitrogens is 2. The normalized spacial score (nSPS) is 11.2. The summed E-state index contributed by atoms with van der Waals surface area (Å²) >= 11 is 0. The zero-order valence-corrected chi connectivity index (χ0v) is 10.1. The maximum Gasteiger partial charge on any atom is 0.107 e. The van der Waals surface area contributed by atoms with Crippen LogP contribution in [0.4, 0.5) is 0 Å².